The summed E-state index contributed by atoms with van der Waals surface area (Å²) in [5.74, 6) is -0.802. The van der Waals surface area contributed by atoms with Gasteiger partial charge in [-0.15, -0.1) is 0 Å². The van der Waals surface area contributed by atoms with Crippen LogP contribution in [0.4, 0.5) is 0 Å². The highest BCUT2D eigenvalue weighted by Gasteiger charge is 2.44. The van der Waals surface area contributed by atoms with Crippen molar-refractivity contribution >= 4 is 11.9 Å². The summed E-state index contributed by atoms with van der Waals surface area (Å²) in [6.45, 7) is 3.43. The van der Waals surface area contributed by atoms with E-state index in [1.807, 2.05) is 0 Å². The summed E-state index contributed by atoms with van der Waals surface area (Å²) in [5.41, 5.74) is 0. The molecule has 0 amide bonds. The van der Waals surface area contributed by atoms with Gasteiger partial charge in [0.2, 0.25) is 0 Å². The third-order valence-corrected chi connectivity index (χ3v) is 11.3. The first-order valence-electron chi connectivity index (χ1n) is 24.4. The molecule has 10 heteroatoms. The molecule has 10 nitrogen and oxygen atoms in total. The maximum atomic E-state index is 12.8. The average Bonchev–Trinajstić information content (AvgIpc) is 3.23. The Morgan fingerprint density at radius 1 is 0.525 bits per heavy atom. The van der Waals surface area contributed by atoms with Crippen molar-refractivity contribution in [1.29, 1.82) is 0 Å². The molecular formula is C49H90O10. The van der Waals surface area contributed by atoms with Crippen LogP contribution in [-0.4, -0.2) is 89.0 Å². The van der Waals surface area contributed by atoms with Crippen molar-refractivity contribution < 1.29 is 49.0 Å². The molecule has 346 valence electrons. The largest absolute Gasteiger partial charge is 0.462 e. The SMILES string of the molecule is CCCCCCC/C=C\C/C=C\CCCCCCCCCCCC(=O)OC(COC(=O)CCCCCCCCCCCCCCC)COC1OC(CO)C(O)C(O)C1O. The van der Waals surface area contributed by atoms with Crippen LogP contribution in [0.3, 0.4) is 0 Å². The summed E-state index contributed by atoms with van der Waals surface area (Å²) in [5, 5.41) is 40.1. The number of esters is 2. The van der Waals surface area contributed by atoms with Crippen molar-refractivity contribution in [2.24, 2.45) is 0 Å². The number of carbonyl (C=O) groups is 2. The number of ether oxygens (including phenoxy) is 4. The zero-order chi connectivity index (χ0) is 43.0. The molecule has 0 aromatic rings. The average molecular weight is 839 g/mol. The van der Waals surface area contributed by atoms with E-state index in [2.05, 4.69) is 38.2 Å². The van der Waals surface area contributed by atoms with E-state index >= 15 is 0 Å². The fourth-order valence-corrected chi connectivity index (χ4v) is 7.45. The third-order valence-electron chi connectivity index (χ3n) is 11.3. The summed E-state index contributed by atoms with van der Waals surface area (Å²) in [6.07, 6.45) is 37.5. The van der Waals surface area contributed by atoms with Crippen LogP contribution in [-0.2, 0) is 28.5 Å². The van der Waals surface area contributed by atoms with Crippen LogP contribution in [0.15, 0.2) is 24.3 Å². The molecule has 1 aliphatic heterocycles. The molecule has 0 aromatic heterocycles. The Labute approximate surface area is 360 Å². The minimum atomic E-state index is -1.59. The van der Waals surface area contributed by atoms with Gasteiger partial charge in [-0.05, 0) is 44.9 Å². The number of hydrogen-bond acceptors (Lipinski definition) is 10. The van der Waals surface area contributed by atoms with Crippen molar-refractivity contribution in [3.8, 4) is 0 Å². The van der Waals surface area contributed by atoms with Gasteiger partial charge in [-0.2, -0.15) is 0 Å². The minimum absolute atomic E-state index is 0.215. The van der Waals surface area contributed by atoms with Crippen molar-refractivity contribution in [2.45, 2.75) is 256 Å². The Bertz CT molecular complexity index is 1020. The first kappa shape index (κ1) is 55.2. The third kappa shape index (κ3) is 31.7. The van der Waals surface area contributed by atoms with E-state index in [1.54, 1.807) is 0 Å². The molecule has 59 heavy (non-hydrogen) atoms. The zero-order valence-corrected chi connectivity index (χ0v) is 37.8. The van der Waals surface area contributed by atoms with E-state index in [0.29, 0.717) is 6.42 Å². The number of unbranched alkanes of at least 4 members (excludes halogenated alkanes) is 26. The van der Waals surface area contributed by atoms with Crippen LogP contribution in [0.25, 0.3) is 0 Å². The minimum Gasteiger partial charge on any atom is -0.462 e. The second kappa shape index (κ2) is 40.3. The lowest BCUT2D eigenvalue weighted by Gasteiger charge is -2.39. The van der Waals surface area contributed by atoms with Gasteiger partial charge in [0.15, 0.2) is 12.4 Å². The monoisotopic (exact) mass is 839 g/mol. The molecule has 6 unspecified atom stereocenters. The molecule has 0 aromatic carbocycles. The highest BCUT2D eigenvalue weighted by atomic mass is 16.7. The second-order valence-electron chi connectivity index (χ2n) is 16.9. The predicted molar refractivity (Wildman–Crippen MR) is 238 cm³/mol. The molecule has 1 aliphatic rings. The van der Waals surface area contributed by atoms with Gasteiger partial charge in [-0.1, -0.05) is 186 Å². The van der Waals surface area contributed by atoms with Gasteiger partial charge in [0.05, 0.1) is 13.2 Å². The molecule has 0 bridgehead atoms. The summed E-state index contributed by atoms with van der Waals surface area (Å²) < 4.78 is 22.2. The van der Waals surface area contributed by atoms with Crippen LogP contribution in [0.1, 0.15) is 219 Å². The Hall–Kier alpha value is -1.82. The maximum Gasteiger partial charge on any atom is 0.306 e. The Balaban J connectivity index is 2.27. The molecule has 1 fully saturated rings. The Morgan fingerprint density at radius 3 is 1.41 bits per heavy atom. The fourth-order valence-electron chi connectivity index (χ4n) is 7.45. The molecule has 0 radical (unpaired) electrons. The van der Waals surface area contributed by atoms with Gasteiger partial charge in [0.1, 0.15) is 31.0 Å². The summed E-state index contributed by atoms with van der Waals surface area (Å²) >= 11 is 0. The number of carbonyl (C=O) groups excluding carboxylic acids is 2. The first-order valence-corrected chi connectivity index (χ1v) is 24.4. The van der Waals surface area contributed by atoms with E-state index in [0.717, 1.165) is 51.4 Å². The topological polar surface area (TPSA) is 152 Å². The normalized spacial score (nSPS) is 20.1. The molecule has 1 saturated heterocycles. The lowest BCUT2D eigenvalue weighted by Crippen LogP contribution is -2.59. The molecule has 0 saturated carbocycles. The van der Waals surface area contributed by atoms with Crippen molar-refractivity contribution in [3.05, 3.63) is 24.3 Å². The van der Waals surface area contributed by atoms with Crippen molar-refractivity contribution in [2.75, 3.05) is 19.8 Å². The quantitative estimate of drug-likeness (QED) is 0.0266. The van der Waals surface area contributed by atoms with Crippen LogP contribution in [0.2, 0.25) is 0 Å². The van der Waals surface area contributed by atoms with E-state index in [-0.39, 0.29) is 32.0 Å². The van der Waals surface area contributed by atoms with E-state index in [1.165, 1.54) is 135 Å². The number of rotatable bonds is 41. The van der Waals surface area contributed by atoms with E-state index in [4.69, 9.17) is 18.9 Å². The molecule has 6 atom stereocenters. The lowest BCUT2D eigenvalue weighted by atomic mass is 9.99. The Kier molecular flexibility index (Phi) is 37.7. The van der Waals surface area contributed by atoms with E-state index < -0.39 is 49.4 Å². The van der Waals surface area contributed by atoms with Gasteiger partial charge in [0.25, 0.3) is 0 Å². The number of allylic oxidation sites excluding steroid dienone is 4. The molecule has 1 heterocycles. The number of aliphatic hydroxyl groups is 4. The number of aliphatic hydroxyl groups excluding tert-OH is 4. The zero-order valence-electron chi connectivity index (χ0n) is 37.8. The summed E-state index contributed by atoms with van der Waals surface area (Å²) in [6, 6.07) is 0. The summed E-state index contributed by atoms with van der Waals surface area (Å²) in [4.78, 5) is 25.4. The van der Waals surface area contributed by atoms with Gasteiger partial charge < -0.3 is 39.4 Å². The predicted octanol–water partition coefficient (Wildman–Crippen LogP) is 10.9. The molecule has 0 spiro atoms. The Morgan fingerprint density at radius 2 is 0.949 bits per heavy atom. The summed E-state index contributed by atoms with van der Waals surface area (Å²) in [7, 11) is 0. The number of hydrogen-bond donors (Lipinski definition) is 4. The van der Waals surface area contributed by atoms with Gasteiger partial charge >= 0.3 is 11.9 Å². The standard InChI is InChI=1S/C49H90O10/c1-3-5-7-9-11-13-15-17-18-19-20-21-22-23-24-26-28-30-32-34-36-38-45(52)58-42(41-57-49-48(55)47(54)46(53)43(39-50)59-49)40-56-44(51)37-35-33-31-29-27-25-16-14-12-10-8-6-4-2/h15,17,19-20,42-43,46-50,53-55H,3-14,16,18,21-41H2,1-2H3/b17-15-,20-19-. The smallest absolute Gasteiger partial charge is 0.306 e. The van der Waals surface area contributed by atoms with Gasteiger partial charge in [0, 0.05) is 12.8 Å². The van der Waals surface area contributed by atoms with Gasteiger partial charge in [-0.3, -0.25) is 9.59 Å². The molecule has 0 aliphatic carbocycles. The second-order valence-corrected chi connectivity index (χ2v) is 16.9. The fraction of sp³-hybridized carbons (Fsp3) is 0.878. The maximum absolute atomic E-state index is 12.8. The van der Waals surface area contributed by atoms with Crippen molar-refractivity contribution in [3.63, 3.8) is 0 Å². The molecule has 4 N–H and O–H groups in total. The molecule has 1 rings (SSSR count). The van der Waals surface area contributed by atoms with Crippen LogP contribution in [0.5, 0.6) is 0 Å². The van der Waals surface area contributed by atoms with Crippen LogP contribution < -0.4 is 0 Å². The van der Waals surface area contributed by atoms with Crippen LogP contribution in [0, 0.1) is 0 Å². The van der Waals surface area contributed by atoms with Crippen molar-refractivity contribution in [1.82, 2.24) is 0 Å². The van der Waals surface area contributed by atoms with Gasteiger partial charge in [-0.25, -0.2) is 0 Å². The lowest BCUT2D eigenvalue weighted by molar-refractivity contribution is -0.305. The molecular weight excluding hydrogens is 749 g/mol. The highest BCUT2D eigenvalue weighted by molar-refractivity contribution is 5.70. The van der Waals surface area contributed by atoms with E-state index in [9.17, 15) is 30.0 Å². The first-order chi connectivity index (χ1) is 28.8. The highest BCUT2D eigenvalue weighted by Crippen LogP contribution is 2.23. The van der Waals surface area contributed by atoms with Crippen LogP contribution >= 0.6 is 0 Å².